The summed E-state index contributed by atoms with van der Waals surface area (Å²) in [5, 5.41) is 0. The number of fused-ring (bicyclic) bond motifs is 1. The Bertz CT molecular complexity index is 1170. The number of nitrogens with one attached hydrogen (secondary N) is 1. The average Bonchev–Trinajstić information content (AvgIpc) is 3.30. The van der Waals surface area contributed by atoms with Gasteiger partial charge in [0.1, 0.15) is 10.6 Å². The lowest BCUT2D eigenvalue weighted by Gasteiger charge is -2.20. The molecule has 1 heterocycles. The lowest BCUT2D eigenvalue weighted by molar-refractivity contribution is 0.330. The van der Waals surface area contributed by atoms with Crippen molar-refractivity contribution in [1.29, 1.82) is 0 Å². The molecule has 0 unspecified atom stereocenters. The second-order valence-corrected chi connectivity index (χ2v) is 11.5. The molecular formula is C22H28N2O5S2. The average molecular weight is 465 g/mol. The van der Waals surface area contributed by atoms with Crippen LogP contribution in [0.4, 0.5) is 5.69 Å². The molecule has 0 aromatic heterocycles. The minimum atomic E-state index is -3.85. The summed E-state index contributed by atoms with van der Waals surface area (Å²) in [4.78, 5) is 0.174. The Morgan fingerprint density at radius 3 is 2.32 bits per heavy atom. The predicted molar refractivity (Wildman–Crippen MR) is 119 cm³/mol. The van der Waals surface area contributed by atoms with Crippen LogP contribution >= 0.6 is 0 Å². The van der Waals surface area contributed by atoms with Crippen LogP contribution in [0.25, 0.3) is 0 Å². The van der Waals surface area contributed by atoms with Crippen LogP contribution in [0, 0.1) is 0 Å². The summed E-state index contributed by atoms with van der Waals surface area (Å²) in [6.45, 7) is 3.00. The summed E-state index contributed by atoms with van der Waals surface area (Å²) >= 11 is 0. The van der Waals surface area contributed by atoms with Crippen molar-refractivity contribution in [2.45, 2.75) is 55.2 Å². The third-order valence-corrected chi connectivity index (χ3v) is 9.11. The predicted octanol–water partition coefficient (Wildman–Crippen LogP) is 3.55. The Morgan fingerprint density at radius 1 is 0.903 bits per heavy atom. The SMILES string of the molecule is CCOc1ccc(NS(=O)(=O)c2ccc3c(c2)CCCC3)cc1S(=O)(=O)N1CCCC1. The van der Waals surface area contributed by atoms with Crippen molar-refractivity contribution in [2.24, 2.45) is 0 Å². The Balaban J connectivity index is 1.67. The summed E-state index contributed by atoms with van der Waals surface area (Å²) in [7, 11) is -7.63. The van der Waals surface area contributed by atoms with Crippen molar-refractivity contribution < 1.29 is 21.6 Å². The highest BCUT2D eigenvalue weighted by atomic mass is 32.2. The standard InChI is InChI=1S/C22H28N2O5S2/c1-2-29-21-12-10-19(16-22(21)31(27,28)24-13-5-6-14-24)23-30(25,26)20-11-9-17-7-3-4-8-18(17)15-20/h9-12,15-16,23H,2-8,13-14H2,1H3. The van der Waals surface area contributed by atoms with E-state index in [0.717, 1.165) is 44.1 Å². The molecule has 168 valence electrons. The second kappa shape index (κ2) is 8.80. The van der Waals surface area contributed by atoms with Crippen LogP contribution in [0.2, 0.25) is 0 Å². The van der Waals surface area contributed by atoms with Crippen LogP contribution < -0.4 is 9.46 Å². The Hall–Kier alpha value is -2.10. The summed E-state index contributed by atoms with van der Waals surface area (Å²) in [6, 6.07) is 9.62. The van der Waals surface area contributed by atoms with Gasteiger partial charge in [0.15, 0.2) is 0 Å². The van der Waals surface area contributed by atoms with Crippen LogP contribution in [-0.4, -0.2) is 40.8 Å². The molecule has 0 bridgehead atoms. The quantitative estimate of drug-likeness (QED) is 0.676. The normalized spacial score (nSPS) is 17.3. The molecule has 4 rings (SSSR count). The third kappa shape index (κ3) is 4.58. The van der Waals surface area contributed by atoms with Gasteiger partial charge in [0.2, 0.25) is 10.0 Å². The third-order valence-electron chi connectivity index (χ3n) is 5.81. The Labute approximate surface area is 184 Å². The first-order chi connectivity index (χ1) is 14.8. The molecule has 1 saturated heterocycles. The highest BCUT2D eigenvalue weighted by Crippen LogP contribution is 2.33. The number of hydrogen-bond acceptors (Lipinski definition) is 5. The van der Waals surface area contributed by atoms with E-state index in [1.54, 1.807) is 19.1 Å². The van der Waals surface area contributed by atoms with E-state index in [1.165, 1.54) is 28.1 Å². The van der Waals surface area contributed by atoms with Crippen molar-refractivity contribution in [1.82, 2.24) is 4.31 Å². The largest absolute Gasteiger partial charge is 0.492 e. The maximum absolute atomic E-state index is 13.1. The van der Waals surface area contributed by atoms with Crippen molar-refractivity contribution in [3.63, 3.8) is 0 Å². The monoisotopic (exact) mass is 464 g/mol. The van der Waals surface area contributed by atoms with Gasteiger partial charge in [0.25, 0.3) is 10.0 Å². The molecule has 1 fully saturated rings. The molecular weight excluding hydrogens is 436 g/mol. The van der Waals surface area contributed by atoms with E-state index in [1.807, 2.05) is 6.07 Å². The maximum atomic E-state index is 13.1. The number of sulfonamides is 2. The number of nitrogens with zero attached hydrogens (tertiary/aromatic N) is 1. The lowest BCUT2D eigenvalue weighted by atomic mass is 9.92. The van der Waals surface area contributed by atoms with E-state index >= 15 is 0 Å². The van der Waals surface area contributed by atoms with E-state index in [-0.39, 0.29) is 21.2 Å². The first kappa shape index (κ1) is 22.1. The molecule has 31 heavy (non-hydrogen) atoms. The summed E-state index contributed by atoms with van der Waals surface area (Å²) in [5.41, 5.74) is 2.46. The molecule has 0 atom stereocenters. The van der Waals surface area contributed by atoms with Gasteiger partial charge in [0.05, 0.1) is 17.2 Å². The zero-order chi connectivity index (χ0) is 22.1. The van der Waals surface area contributed by atoms with Crippen LogP contribution in [0.5, 0.6) is 5.75 Å². The zero-order valence-corrected chi connectivity index (χ0v) is 19.3. The molecule has 9 heteroatoms. The first-order valence-electron chi connectivity index (χ1n) is 10.7. The van der Waals surface area contributed by atoms with Gasteiger partial charge < -0.3 is 4.74 Å². The van der Waals surface area contributed by atoms with E-state index in [4.69, 9.17) is 4.74 Å². The fourth-order valence-electron chi connectivity index (χ4n) is 4.21. The fourth-order valence-corrected chi connectivity index (χ4v) is 6.98. The summed E-state index contributed by atoms with van der Waals surface area (Å²) < 4.78 is 61.8. The van der Waals surface area contributed by atoms with Gasteiger partial charge in [0, 0.05) is 13.1 Å². The fraction of sp³-hybridized carbons (Fsp3) is 0.455. The van der Waals surface area contributed by atoms with Gasteiger partial charge >= 0.3 is 0 Å². The van der Waals surface area contributed by atoms with Crippen LogP contribution in [0.1, 0.15) is 43.7 Å². The topological polar surface area (TPSA) is 92.8 Å². The number of rotatable bonds is 7. The summed E-state index contributed by atoms with van der Waals surface area (Å²) in [6.07, 6.45) is 5.65. The second-order valence-electron chi connectivity index (χ2n) is 7.95. The maximum Gasteiger partial charge on any atom is 0.261 e. The zero-order valence-electron chi connectivity index (χ0n) is 17.6. The highest BCUT2D eigenvalue weighted by molar-refractivity contribution is 7.92. The van der Waals surface area contributed by atoms with Crippen molar-refractivity contribution in [3.8, 4) is 5.75 Å². The van der Waals surface area contributed by atoms with Crippen molar-refractivity contribution in [3.05, 3.63) is 47.5 Å². The molecule has 0 spiro atoms. The highest BCUT2D eigenvalue weighted by Gasteiger charge is 2.31. The van der Waals surface area contributed by atoms with Crippen molar-refractivity contribution >= 4 is 25.7 Å². The van der Waals surface area contributed by atoms with E-state index < -0.39 is 20.0 Å². The molecule has 2 aliphatic rings. The van der Waals surface area contributed by atoms with Crippen LogP contribution in [0.15, 0.2) is 46.2 Å². The number of benzene rings is 2. The molecule has 2 aromatic rings. The number of anilines is 1. The first-order valence-corrected chi connectivity index (χ1v) is 13.7. The number of ether oxygens (including phenoxy) is 1. The molecule has 2 aromatic carbocycles. The van der Waals surface area contributed by atoms with Gasteiger partial charge in [-0.3, -0.25) is 4.72 Å². The Kier molecular flexibility index (Phi) is 6.27. The van der Waals surface area contributed by atoms with Gasteiger partial charge in [-0.1, -0.05) is 6.07 Å². The number of hydrogen-bond donors (Lipinski definition) is 1. The molecule has 0 saturated carbocycles. The van der Waals surface area contributed by atoms with E-state index in [9.17, 15) is 16.8 Å². The minimum Gasteiger partial charge on any atom is -0.492 e. The molecule has 0 radical (unpaired) electrons. The summed E-state index contributed by atoms with van der Waals surface area (Å²) in [5.74, 6) is 0.228. The van der Waals surface area contributed by atoms with Crippen molar-refractivity contribution in [2.75, 3.05) is 24.4 Å². The van der Waals surface area contributed by atoms with Gasteiger partial charge in [-0.25, -0.2) is 16.8 Å². The van der Waals surface area contributed by atoms with Crippen LogP contribution in [-0.2, 0) is 32.9 Å². The molecule has 1 aliphatic carbocycles. The molecule has 0 amide bonds. The molecule has 1 N–H and O–H groups in total. The lowest BCUT2D eigenvalue weighted by Crippen LogP contribution is -2.28. The smallest absolute Gasteiger partial charge is 0.261 e. The van der Waals surface area contributed by atoms with Crippen LogP contribution in [0.3, 0.4) is 0 Å². The van der Waals surface area contributed by atoms with E-state index in [2.05, 4.69) is 4.72 Å². The van der Waals surface area contributed by atoms with E-state index in [0.29, 0.717) is 19.7 Å². The van der Waals surface area contributed by atoms with Gasteiger partial charge in [-0.2, -0.15) is 4.31 Å². The van der Waals surface area contributed by atoms with Gasteiger partial charge in [-0.05, 0) is 86.9 Å². The Morgan fingerprint density at radius 2 is 1.61 bits per heavy atom. The van der Waals surface area contributed by atoms with Gasteiger partial charge in [-0.15, -0.1) is 0 Å². The minimum absolute atomic E-state index is 0.0121. The molecule has 7 nitrogen and oxygen atoms in total. The molecule has 1 aliphatic heterocycles. The number of aryl methyl sites for hydroxylation is 2.